The van der Waals surface area contributed by atoms with Crippen molar-refractivity contribution in [3.8, 4) is 0 Å². The van der Waals surface area contributed by atoms with E-state index in [1.54, 1.807) is 18.5 Å². The summed E-state index contributed by atoms with van der Waals surface area (Å²) in [6, 6.07) is 9.09. The van der Waals surface area contributed by atoms with E-state index >= 15 is 0 Å². The van der Waals surface area contributed by atoms with Crippen LogP contribution in [0, 0.1) is 0 Å². The van der Waals surface area contributed by atoms with Crippen molar-refractivity contribution in [1.82, 2.24) is 15.3 Å². The summed E-state index contributed by atoms with van der Waals surface area (Å²) in [6.07, 6.45) is 4.33. The van der Waals surface area contributed by atoms with Crippen molar-refractivity contribution in [3.05, 3.63) is 54.0 Å². The van der Waals surface area contributed by atoms with Crippen molar-refractivity contribution in [1.29, 1.82) is 0 Å². The van der Waals surface area contributed by atoms with Gasteiger partial charge in [-0.05, 0) is 37.6 Å². The summed E-state index contributed by atoms with van der Waals surface area (Å²) < 4.78 is 0. The molecule has 0 saturated carbocycles. The van der Waals surface area contributed by atoms with Crippen molar-refractivity contribution in [2.45, 2.75) is 26.3 Å². The van der Waals surface area contributed by atoms with E-state index in [4.69, 9.17) is 0 Å². The number of nitrogens with zero attached hydrogens (tertiary/aromatic N) is 2. The highest BCUT2D eigenvalue weighted by atomic mass is 16.1. The maximum absolute atomic E-state index is 12.2. The average molecular weight is 284 g/mol. The maximum Gasteiger partial charge on any atom is 0.253 e. The summed E-state index contributed by atoms with van der Waals surface area (Å²) in [6.45, 7) is 4.87. The molecule has 2 aromatic heterocycles. The third kappa shape index (κ3) is 4.27. The minimum atomic E-state index is -0.150. The van der Waals surface area contributed by atoms with Crippen molar-refractivity contribution >= 4 is 11.7 Å². The molecule has 1 amide bonds. The van der Waals surface area contributed by atoms with Crippen LogP contribution in [0.1, 0.15) is 42.4 Å². The van der Waals surface area contributed by atoms with E-state index < -0.39 is 0 Å². The second kappa shape index (κ2) is 7.38. The summed E-state index contributed by atoms with van der Waals surface area (Å²) in [5.74, 6) is 0.633. The Morgan fingerprint density at radius 1 is 1.24 bits per heavy atom. The highest BCUT2D eigenvalue weighted by Gasteiger charge is 2.12. The van der Waals surface area contributed by atoms with Crippen molar-refractivity contribution in [2.75, 3.05) is 11.9 Å². The Morgan fingerprint density at radius 3 is 2.71 bits per heavy atom. The fraction of sp³-hybridized carbons (Fsp3) is 0.312. The van der Waals surface area contributed by atoms with E-state index in [0.29, 0.717) is 5.56 Å². The zero-order chi connectivity index (χ0) is 15.1. The molecule has 5 heteroatoms. The van der Waals surface area contributed by atoms with Crippen LogP contribution in [0.4, 0.5) is 5.82 Å². The first-order chi connectivity index (χ1) is 10.2. The van der Waals surface area contributed by atoms with Crippen LogP contribution in [0.15, 0.2) is 42.7 Å². The smallest absolute Gasteiger partial charge is 0.253 e. The highest BCUT2D eigenvalue weighted by molar-refractivity contribution is 5.94. The molecule has 0 fully saturated rings. The summed E-state index contributed by atoms with van der Waals surface area (Å²) in [5.41, 5.74) is 1.37. The molecule has 0 radical (unpaired) electrons. The molecule has 0 bridgehead atoms. The monoisotopic (exact) mass is 284 g/mol. The van der Waals surface area contributed by atoms with E-state index in [0.717, 1.165) is 24.5 Å². The number of carbonyl (C=O) groups is 1. The van der Waals surface area contributed by atoms with Gasteiger partial charge in [-0.3, -0.25) is 9.78 Å². The highest BCUT2D eigenvalue weighted by Crippen LogP contribution is 2.10. The summed E-state index contributed by atoms with van der Waals surface area (Å²) in [4.78, 5) is 20.6. The molecule has 21 heavy (non-hydrogen) atoms. The topological polar surface area (TPSA) is 66.9 Å². The largest absolute Gasteiger partial charge is 0.370 e. The molecule has 1 unspecified atom stereocenters. The number of anilines is 1. The quantitative estimate of drug-likeness (QED) is 0.856. The van der Waals surface area contributed by atoms with Crippen LogP contribution in [-0.2, 0) is 0 Å². The second-order valence-electron chi connectivity index (χ2n) is 4.81. The molecule has 0 aliphatic heterocycles. The molecule has 5 nitrogen and oxygen atoms in total. The first kappa shape index (κ1) is 15.0. The van der Waals surface area contributed by atoms with Gasteiger partial charge in [-0.1, -0.05) is 13.0 Å². The van der Waals surface area contributed by atoms with Crippen molar-refractivity contribution in [3.63, 3.8) is 0 Å². The lowest BCUT2D eigenvalue weighted by Crippen LogP contribution is -2.27. The third-order valence-electron chi connectivity index (χ3n) is 3.06. The lowest BCUT2D eigenvalue weighted by atomic mass is 10.2. The van der Waals surface area contributed by atoms with Crippen LogP contribution in [0.3, 0.4) is 0 Å². The molecule has 0 aromatic carbocycles. The molecule has 2 heterocycles. The fourth-order valence-corrected chi connectivity index (χ4v) is 1.87. The van der Waals surface area contributed by atoms with Gasteiger partial charge in [-0.15, -0.1) is 0 Å². The maximum atomic E-state index is 12.2. The Hall–Kier alpha value is -2.43. The summed E-state index contributed by atoms with van der Waals surface area (Å²) in [5, 5.41) is 6.09. The molecule has 0 aliphatic carbocycles. The van der Waals surface area contributed by atoms with Crippen LogP contribution in [0.2, 0.25) is 0 Å². The van der Waals surface area contributed by atoms with E-state index in [1.807, 2.05) is 31.2 Å². The van der Waals surface area contributed by atoms with Crippen LogP contribution in [-0.4, -0.2) is 22.4 Å². The second-order valence-corrected chi connectivity index (χ2v) is 4.81. The van der Waals surface area contributed by atoms with Crippen LogP contribution in [0.5, 0.6) is 0 Å². The zero-order valence-corrected chi connectivity index (χ0v) is 12.3. The minimum Gasteiger partial charge on any atom is -0.370 e. The molecule has 2 aromatic rings. The third-order valence-corrected chi connectivity index (χ3v) is 3.06. The van der Waals surface area contributed by atoms with E-state index in [1.165, 1.54) is 0 Å². The van der Waals surface area contributed by atoms with Gasteiger partial charge in [0.25, 0.3) is 5.91 Å². The zero-order valence-electron chi connectivity index (χ0n) is 12.3. The van der Waals surface area contributed by atoms with Crippen LogP contribution in [0.25, 0.3) is 0 Å². The molecule has 1 atom stereocenters. The van der Waals surface area contributed by atoms with Crippen molar-refractivity contribution < 1.29 is 4.79 Å². The molecule has 0 saturated heterocycles. The summed E-state index contributed by atoms with van der Waals surface area (Å²) in [7, 11) is 0. The fourth-order valence-electron chi connectivity index (χ4n) is 1.87. The van der Waals surface area contributed by atoms with Gasteiger partial charge < -0.3 is 10.6 Å². The van der Waals surface area contributed by atoms with E-state index in [2.05, 4.69) is 27.5 Å². The minimum absolute atomic E-state index is 0.142. The predicted octanol–water partition coefficient (Wildman–Crippen LogP) is 2.79. The number of hydrogen-bond acceptors (Lipinski definition) is 4. The number of carbonyl (C=O) groups excluding carboxylic acids is 1. The molecular formula is C16H20N4O. The number of amides is 1. The molecule has 2 N–H and O–H groups in total. The number of aromatic nitrogens is 2. The van der Waals surface area contributed by atoms with Gasteiger partial charge in [0.1, 0.15) is 5.82 Å². The van der Waals surface area contributed by atoms with Gasteiger partial charge in [0, 0.05) is 18.9 Å². The van der Waals surface area contributed by atoms with Gasteiger partial charge in [-0.2, -0.15) is 0 Å². The average Bonchev–Trinajstić information content (AvgIpc) is 2.54. The predicted molar refractivity (Wildman–Crippen MR) is 83.1 cm³/mol. The van der Waals surface area contributed by atoms with Gasteiger partial charge in [-0.25, -0.2) is 4.98 Å². The lowest BCUT2D eigenvalue weighted by molar-refractivity contribution is 0.0939. The number of rotatable bonds is 6. The SMILES string of the molecule is CCCNc1ccc(C(=O)NC(C)c2ccccn2)cn1. The Morgan fingerprint density at radius 2 is 2.10 bits per heavy atom. The molecule has 0 aliphatic rings. The lowest BCUT2D eigenvalue weighted by Gasteiger charge is -2.13. The molecular weight excluding hydrogens is 264 g/mol. The first-order valence-electron chi connectivity index (χ1n) is 7.12. The Balaban J connectivity index is 1.97. The van der Waals surface area contributed by atoms with Gasteiger partial charge in [0.15, 0.2) is 0 Å². The Labute approximate surface area is 124 Å². The summed E-state index contributed by atoms with van der Waals surface area (Å²) >= 11 is 0. The number of pyridine rings is 2. The van der Waals surface area contributed by atoms with Gasteiger partial charge in [0.05, 0.1) is 17.3 Å². The van der Waals surface area contributed by atoms with Crippen LogP contribution >= 0.6 is 0 Å². The Bertz CT molecular complexity index is 569. The van der Waals surface area contributed by atoms with E-state index in [-0.39, 0.29) is 11.9 Å². The number of hydrogen-bond donors (Lipinski definition) is 2. The molecule has 0 spiro atoms. The Kier molecular flexibility index (Phi) is 5.26. The van der Waals surface area contributed by atoms with Gasteiger partial charge >= 0.3 is 0 Å². The molecule has 110 valence electrons. The van der Waals surface area contributed by atoms with Crippen LogP contribution < -0.4 is 10.6 Å². The van der Waals surface area contributed by atoms with Crippen molar-refractivity contribution in [2.24, 2.45) is 0 Å². The first-order valence-corrected chi connectivity index (χ1v) is 7.12. The molecule has 2 rings (SSSR count). The normalized spacial score (nSPS) is 11.7. The van der Waals surface area contributed by atoms with E-state index in [9.17, 15) is 4.79 Å². The van der Waals surface area contributed by atoms with Gasteiger partial charge in [0.2, 0.25) is 0 Å². The number of nitrogens with one attached hydrogen (secondary N) is 2. The standard InChI is InChI=1S/C16H20N4O/c1-3-9-18-15-8-7-13(11-19-15)16(21)20-12(2)14-6-4-5-10-17-14/h4-8,10-12H,3,9H2,1-2H3,(H,18,19)(H,20,21).